The van der Waals surface area contributed by atoms with Gasteiger partial charge >= 0.3 is 45.9 Å². The van der Waals surface area contributed by atoms with Gasteiger partial charge in [-0.25, -0.2) is 0 Å². The second-order valence-corrected chi connectivity index (χ2v) is 1.22. The summed E-state index contributed by atoms with van der Waals surface area (Å²) >= 11 is 3.96. The van der Waals surface area contributed by atoms with Gasteiger partial charge in [0.2, 0.25) is 0 Å². The summed E-state index contributed by atoms with van der Waals surface area (Å²) in [6, 6.07) is 0. The van der Waals surface area contributed by atoms with Crippen molar-refractivity contribution in [2.75, 3.05) is 0 Å². The molecule has 0 aromatic carbocycles. The Morgan fingerprint density at radius 3 is 2.50 bits per heavy atom. The van der Waals surface area contributed by atoms with Crippen molar-refractivity contribution in [3.8, 4) is 0 Å². The van der Waals surface area contributed by atoms with Gasteiger partial charge in [-0.15, -0.1) is 0 Å². The van der Waals surface area contributed by atoms with Gasteiger partial charge < -0.3 is 0 Å². The van der Waals surface area contributed by atoms with Gasteiger partial charge in [0.25, 0.3) is 0 Å². The van der Waals surface area contributed by atoms with E-state index in [1.807, 2.05) is 12.2 Å². The van der Waals surface area contributed by atoms with Crippen LogP contribution in [0.15, 0.2) is 24.8 Å². The maximum atomic E-state index is 3.96. The molecule has 0 saturated carbocycles. The average Bonchev–Trinajstić information content (AvgIpc) is 1.61. The Labute approximate surface area is 46.5 Å². The molecule has 0 nitrogen and oxygen atoms in total. The van der Waals surface area contributed by atoms with Gasteiger partial charge in [-0.2, -0.15) is 0 Å². The Balaban J connectivity index is 2.94. The molecule has 0 aromatic rings. The first-order chi connectivity index (χ1) is 2.91. The summed E-state index contributed by atoms with van der Waals surface area (Å²) in [5, 5.41) is 0.791. The van der Waals surface area contributed by atoms with E-state index in [2.05, 4.69) is 22.3 Å². The van der Waals surface area contributed by atoms with Gasteiger partial charge in [0.15, 0.2) is 0 Å². The molecule has 0 N–H and O–H groups in total. The fourth-order valence-electron chi connectivity index (χ4n) is 0.142. The molecule has 6 heavy (non-hydrogen) atoms. The first kappa shape index (κ1) is 5.99. The standard InChI is InChI=1S/C5H7.Co/c1-3-5-4-2;/h3-5H,1-2H2;. The van der Waals surface area contributed by atoms with Crippen molar-refractivity contribution < 1.29 is 15.7 Å². The molecule has 0 rings (SSSR count). The van der Waals surface area contributed by atoms with Crippen LogP contribution in [0.25, 0.3) is 0 Å². The Morgan fingerprint density at radius 1 is 1.67 bits per heavy atom. The third-order valence-electron chi connectivity index (χ3n) is 0.351. The minimum atomic E-state index is 0.791. The van der Waals surface area contributed by atoms with E-state index in [0.29, 0.717) is 0 Å². The number of allylic oxidation sites excluding steroid dienone is 3. The molecule has 0 spiro atoms. The van der Waals surface area contributed by atoms with Crippen LogP contribution in [0.5, 0.6) is 0 Å². The molecule has 0 atom stereocenters. The van der Waals surface area contributed by atoms with E-state index in [0.717, 1.165) is 5.36 Å². The van der Waals surface area contributed by atoms with Crippen LogP contribution in [0.1, 0.15) is 0 Å². The summed E-state index contributed by atoms with van der Waals surface area (Å²) in [5.74, 6) is 0. The maximum absolute atomic E-state index is 3.96. The molecule has 0 bridgehead atoms. The number of hydrogen-bond donors (Lipinski definition) is 0. The molecule has 0 radical (unpaired) electrons. The quantitative estimate of drug-likeness (QED) is 0.494. The predicted octanol–water partition coefficient (Wildman–Crippen LogP) is 1.69. The molecule has 0 amide bonds. The molecular formula is C5H7Co. The van der Waals surface area contributed by atoms with Crippen molar-refractivity contribution in [1.29, 1.82) is 0 Å². The van der Waals surface area contributed by atoms with Gasteiger partial charge in [-0.05, 0) is 0 Å². The topological polar surface area (TPSA) is 0 Å². The second-order valence-electron chi connectivity index (χ2n) is 0.800. The molecule has 0 heterocycles. The third kappa shape index (κ3) is 3.99. The Kier molecular flexibility index (Phi) is 4.98. The molecule has 0 aliphatic rings. The first-order valence-corrected chi connectivity index (χ1v) is 2.45. The van der Waals surface area contributed by atoms with E-state index in [1.165, 1.54) is 0 Å². The van der Waals surface area contributed by atoms with E-state index in [4.69, 9.17) is 0 Å². The summed E-state index contributed by atoms with van der Waals surface area (Å²) in [6.07, 6.45) is 5.52. The van der Waals surface area contributed by atoms with Crippen molar-refractivity contribution in [3.63, 3.8) is 0 Å². The van der Waals surface area contributed by atoms with Gasteiger partial charge in [-0.1, -0.05) is 0 Å². The molecule has 1 heteroatoms. The fourth-order valence-corrected chi connectivity index (χ4v) is 0.283. The second kappa shape index (κ2) is 4.99. The van der Waals surface area contributed by atoms with E-state index in [9.17, 15) is 0 Å². The molecule has 0 aromatic heterocycles. The summed E-state index contributed by atoms with van der Waals surface area (Å²) in [5.41, 5.74) is 0. The van der Waals surface area contributed by atoms with Crippen LogP contribution in [-0.2, 0) is 15.7 Å². The number of hydrogen-bond acceptors (Lipinski definition) is 0. The zero-order valence-electron chi connectivity index (χ0n) is 3.48. The van der Waals surface area contributed by atoms with Crippen LogP contribution < -0.4 is 0 Å². The van der Waals surface area contributed by atoms with Gasteiger partial charge in [0.1, 0.15) is 0 Å². The summed E-state index contributed by atoms with van der Waals surface area (Å²) in [4.78, 5) is 0. The van der Waals surface area contributed by atoms with E-state index in [1.54, 1.807) is 6.08 Å². The van der Waals surface area contributed by atoms with Crippen LogP contribution in [0.2, 0.25) is 5.36 Å². The normalized spacial score (nSPS) is 9.67. The van der Waals surface area contributed by atoms with Crippen LogP contribution in [0.3, 0.4) is 0 Å². The molecule has 0 saturated heterocycles. The molecule has 0 fully saturated rings. The summed E-state index contributed by atoms with van der Waals surface area (Å²) in [6.45, 7) is 3.48. The van der Waals surface area contributed by atoms with Crippen molar-refractivity contribution >= 4 is 0 Å². The molecule has 0 unspecified atom stereocenters. The van der Waals surface area contributed by atoms with Gasteiger partial charge in [-0.3, -0.25) is 0 Å². The summed E-state index contributed by atoms with van der Waals surface area (Å²) < 4.78 is 0. The van der Waals surface area contributed by atoms with Crippen LogP contribution >= 0.6 is 0 Å². The number of rotatable bonds is 2. The minimum absolute atomic E-state index is 0.791. The van der Waals surface area contributed by atoms with Crippen molar-refractivity contribution in [2.24, 2.45) is 0 Å². The van der Waals surface area contributed by atoms with Crippen LogP contribution in [0.4, 0.5) is 0 Å². The molecule has 36 valence electrons. The fraction of sp³-hybridized carbons (Fsp3) is 0.200. The third-order valence-corrected chi connectivity index (χ3v) is 0.596. The average molecular weight is 126 g/mol. The Bertz CT molecular complexity index is 55.0. The van der Waals surface area contributed by atoms with Crippen molar-refractivity contribution in [3.05, 3.63) is 24.8 Å². The van der Waals surface area contributed by atoms with Crippen LogP contribution in [0, 0.1) is 0 Å². The Morgan fingerprint density at radius 2 is 2.33 bits per heavy atom. The van der Waals surface area contributed by atoms with E-state index >= 15 is 0 Å². The van der Waals surface area contributed by atoms with Gasteiger partial charge in [0, 0.05) is 0 Å². The van der Waals surface area contributed by atoms with E-state index < -0.39 is 0 Å². The SMILES string of the molecule is C=CC=C[CH2][Co]. The van der Waals surface area contributed by atoms with Crippen molar-refractivity contribution in [2.45, 2.75) is 5.36 Å². The zero-order valence-corrected chi connectivity index (χ0v) is 4.52. The predicted molar refractivity (Wildman–Crippen MR) is 24.1 cm³/mol. The van der Waals surface area contributed by atoms with Crippen molar-refractivity contribution in [1.82, 2.24) is 0 Å². The van der Waals surface area contributed by atoms with Gasteiger partial charge in [0.05, 0.1) is 0 Å². The molecule has 0 aliphatic heterocycles. The Hall–Kier alpha value is -0.0135. The zero-order chi connectivity index (χ0) is 4.83. The van der Waals surface area contributed by atoms with Crippen LogP contribution in [-0.4, -0.2) is 0 Å². The summed E-state index contributed by atoms with van der Waals surface area (Å²) in [7, 11) is 0. The molecule has 0 aliphatic carbocycles. The van der Waals surface area contributed by atoms with E-state index in [-0.39, 0.29) is 0 Å². The molecular weight excluding hydrogens is 119 g/mol. The first-order valence-electron chi connectivity index (χ1n) is 1.72. The monoisotopic (exact) mass is 126 g/mol.